The Morgan fingerprint density at radius 3 is 2.58 bits per heavy atom. The molecule has 0 aliphatic rings. The van der Waals surface area contributed by atoms with E-state index < -0.39 is 10.0 Å². The minimum atomic E-state index is -3.87. The number of rotatable bonds is 7. The maximum absolute atomic E-state index is 11.7. The van der Waals surface area contributed by atoms with Crippen molar-refractivity contribution in [1.29, 1.82) is 0 Å². The summed E-state index contributed by atoms with van der Waals surface area (Å²) in [6.07, 6.45) is 0. The van der Waals surface area contributed by atoms with E-state index in [1.807, 2.05) is 0 Å². The second-order valence-corrected chi connectivity index (χ2v) is 10.9. The number of primary sulfonamides is 1. The third kappa shape index (κ3) is 5.53. The zero-order chi connectivity index (χ0) is 26.0. The Balaban J connectivity index is 1.80. The molecule has 0 unspecified atom stereocenters. The average molecular weight is 567 g/mol. The number of aromatic nitrogens is 4. The van der Waals surface area contributed by atoms with Gasteiger partial charge in [0.15, 0.2) is 10.1 Å². The highest BCUT2D eigenvalue weighted by atomic mass is 35.5. The van der Waals surface area contributed by atoms with Gasteiger partial charge in [0.1, 0.15) is 22.8 Å². The number of nitrogens with one attached hydrogen (secondary N) is 1. The lowest BCUT2D eigenvalue weighted by molar-refractivity contribution is 0.0205. The monoisotopic (exact) mass is 566 g/mol. The summed E-state index contributed by atoms with van der Waals surface area (Å²) in [7, 11) is -0.930. The van der Waals surface area contributed by atoms with Crippen molar-refractivity contribution >= 4 is 49.9 Å². The zero-order valence-electron chi connectivity index (χ0n) is 18.8. The van der Waals surface area contributed by atoms with Gasteiger partial charge in [0.25, 0.3) is 0 Å². The topological polar surface area (TPSA) is 160 Å². The number of thiocarbonyl (C=S) groups is 1. The summed E-state index contributed by atoms with van der Waals surface area (Å²) in [5.74, 6) is 1.32. The number of oxazole rings is 1. The second kappa shape index (κ2) is 10.5. The summed E-state index contributed by atoms with van der Waals surface area (Å²) in [6.45, 7) is 0. The second-order valence-electron chi connectivity index (χ2n) is 7.33. The standard InChI is InChI=1S/C21H19ClN6O5S3/c1-28(29)21(34)35-10-15-18(26-27-25-15)20-24-17(12-5-8-16(32-2)14(22)9-12)19(33-20)11-3-6-13(7-4-11)36(23,30)31/h3-9,29H,10H2,1-2H3,(H2,23,30,31)(H,25,26,27). The first-order chi connectivity index (χ1) is 17.1. The minimum absolute atomic E-state index is 0.0399. The molecule has 0 amide bonds. The van der Waals surface area contributed by atoms with Gasteiger partial charge in [-0.25, -0.2) is 23.6 Å². The van der Waals surface area contributed by atoms with Crippen molar-refractivity contribution in [1.82, 2.24) is 25.5 Å². The third-order valence-corrected chi connectivity index (χ3v) is 7.70. The van der Waals surface area contributed by atoms with Gasteiger partial charge in [-0.15, -0.1) is 5.10 Å². The van der Waals surface area contributed by atoms with Crippen molar-refractivity contribution in [2.24, 2.45) is 5.14 Å². The Morgan fingerprint density at radius 2 is 1.97 bits per heavy atom. The summed E-state index contributed by atoms with van der Waals surface area (Å²) in [4.78, 5) is 4.63. The molecule has 0 aliphatic heterocycles. The number of sulfonamides is 1. The number of halogens is 1. The lowest BCUT2D eigenvalue weighted by Gasteiger charge is -2.09. The highest BCUT2D eigenvalue weighted by Crippen LogP contribution is 2.39. The Hall–Kier alpha value is -3.01. The molecule has 0 atom stereocenters. The number of aromatic amines is 1. The number of nitrogens with two attached hydrogens (primary N) is 1. The van der Waals surface area contributed by atoms with Crippen LogP contribution in [0.25, 0.3) is 34.2 Å². The predicted octanol–water partition coefficient (Wildman–Crippen LogP) is 3.94. The van der Waals surface area contributed by atoms with Crippen molar-refractivity contribution in [3.63, 3.8) is 0 Å². The van der Waals surface area contributed by atoms with Crippen molar-refractivity contribution in [3.8, 4) is 39.9 Å². The molecule has 4 N–H and O–H groups in total. The number of ether oxygens (including phenoxy) is 1. The number of H-pyrrole nitrogens is 1. The van der Waals surface area contributed by atoms with Gasteiger partial charge in [0.05, 0.1) is 17.0 Å². The molecule has 188 valence electrons. The number of thioether (sulfide) groups is 1. The van der Waals surface area contributed by atoms with Gasteiger partial charge < -0.3 is 9.15 Å². The number of hydrogen-bond acceptors (Lipinski definition) is 10. The average Bonchev–Trinajstić information content (AvgIpc) is 3.49. The Morgan fingerprint density at radius 1 is 1.28 bits per heavy atom. The summed E-state index contributed by atoms with van der Waals surface area (Å²) in [5, 5.41) is 26.6. The van der Waals surface area contributed by atoms with Crippen LogP contribution in [0, 0.1) is 0 Å². The van der Waals surface area contributed by atoms with E-state index in [0.29, 0.717) is 50.5 Å². The normalized spacial score (nSPS) is 11.5. The van der Waals surface area contributed by atoms with Crippen molar-refractivity contribution in [2.45, 2.75) is 10.6 Å². The fourth-order valence-electron chi connectivity index (χ4n) is 3.17. The lowest BCUT2D eigenvalue weighted by atomic mass is 10.1. The van der Waals surface area contributed by atoms with Gasteiger partial charge in [-0.1, -0.05) is 40.8 Å². The van der Waals surface area contributed by atoms with Crippen LogP contribution >= 0.6 is 35.6 Å². The van der Waals surface area contributed by atoms with E-state index in [4.69, 9.17) is 38.1 Å². The van der Waals surface area contributed by atoms with Crippen molar-refractivity contribution in [2.75, 3.05) is 14.2 Å². The summed E-state index contributed by atoms with van der Waals surface area (Å²) in [6, 6.07) is 11.0. The Kier molecular flexibility index (Phi) is 7.63. The molecule has 0 saturated heterocycles. The molecule has 4 rings (SSSR count). The summed E-state index contributed by atoms with van der Waals surface area (Å²) >= 11 is 12.6. The third-order valence-electron chi connectivity index (χ3n) is 4.93. The Bertz CT molecular complexity index is 1520. The number of hydroxylamine groups is 2. The number of nitrogens with zero attached hydrogens (tertiary/aromatic N) is 4. The molecule has 0 fully saturated rings. The molecule has 0 spiro atoms. The van der Waals surface area contributed by atoms with Gasteiger partial charge in [0, 0.05) is 23.9 Å². The van der Waals surface area contributed by atoms with Gasteiger partial charge >= 0.3 is 0 Å². The van der Waals surface area contributed by atoms with Crippen LogP contribution in [0.4, 0.5) is 0 Å². The Labute approximate surface area is 220 Å². The summed E-state index contributed by atoms with van der Waals surface area (Å²) < 4.78 is 35.0. The molecule has 2 aromatic heterocycles. The maximum atomic E-state index is 11.7. The van der Waals surface area contributed by atoms with Crippen LogP contribution in [0.5, 0.6) is 5.75 Å². The zero-order valence-corrected chi connectivity index (χ0v) is 22.0. The first-order valence-corrected chi connectivity index (χ1v) is 13.4. The number of hydrogen-bond donors (Lipinski definition) is 3. The van der Waals surface area contributed by atoms with E-state index in [1.54, 1.807) is 30.3 Å². The maximum Gasteiger partial charge on any atom is 0.247 e. The van der Waals surface area contributed by atoms with E-state index >= 15 is 0 Å². The molecule has 11 nitrogen and oxygen atoms in total. The van der Waals surface area contributed by atoms with Gasteiger partial charge in [-0.05, 0) is 42.5 Å². The molecule has 0 saturated carbocycles. The van der Waals surface area contributed by atoms with Crippen molar-refractivity contribution in [3.05, 3.63) is 53.2 Å². The van der Waals surface area contributed by atoms with E-state index in [2.05, 4.69) is 20.4 Å². The highest BCUT2D eigenvalue weighted by Gasteiger charge is 2.23. The molecule has 0 bridgehead atoms. The molecule has 15 heteroatoms. The van der Waals surface area contributed by atoms with E-state index in [0.717, 1.165) is 5.06 Å². The van der Waals surface area contributed by atoms with E-state index in [1.165, 1.54) is 38.1 Å². The number of methoxy groups -OCH3 is 1. The SMILES string of the molecule is COc1ccc(-c2nc(-c3[nH]nnc3CSC(=S)N(C)O)oc2-c2ccc(S(N)(=O)=O)cc2)cc1Cl. The van der Waals surface area contributed by atoms with Gasteiger partial charge in [-0.3, -0.25) is 10.3 Å². The van der Waals surface area contributed by atoms with Crippen LogP contribution in [0.1, 0.15) is 5.69 Å². The first kappa shape index (κ1) is 26.1. The fourth-order valence-corrected chi connectivity index (χ4v) is 4.77. The van der Waals surface area contributed by atoms with Crippen LogP contribution in [-0.2, 0) is 15.8 Å². The van der Waals surface area contributed by atoms with Crippen LogP contribution < -0.4 is 9.88 Å². The minimum Gasteiger partial charge on any atom is -0.495 e. The number of benzene rings is 2. The molecule has 36 heavy (non-hydrogen) atoms. The van der Waals surface area contributed by atoms with Crippen LogP contribution in [0.2, 0.25) is 5.02 Å². The van der Waals surface area contributed by atoms with E-state index in [-0.39, 0.29) is 15.1 Å². The van der Waals surface area contributed by atoms with Gasteiger partial charge in [0.2, 0.25) is 15.9 Å². The summed E-state index contributed by atoms with van der Waals surface area (Å²) in [5.41, 5.74) is 2.54. The molecule has 2 aromatic carbocycles. The van der Waals surface area contributed by atoms with Crippen LogP contribution in [0.3, 0.4) is 0 Å². The largest absolute Gasteiger partial charge is 0.495 e. The lowest BCUT2D eigenvalue weighted by Crippen LogP contribution is -2.17. The molecular formula is C21H19ClN6O5S3. The molecule has 2 heterocycles. The van der Waals surface area contributed by atoms with Gasteiger partial charge in [-0.2, -0.15) is 0 Å². The van der Waals surface area contributed by atoms with Crippen LogP contribution in [0.15, 0.2) is 51.8 Å². The predicted molar refractivity (Wildman–Crippen MR) is 139 cm³/mol. The molecule has 4 aromatic rings. The smallest absolute Gasteiger partial charge is 0.247 e. The van der Waals surface area contributed by atoms with Crippen LogP contribution in [-0.4, -0.2) is 57.6 Å². The molecule has 0 aliphatic carbocycles. The van der Waals surface area contributed by atoms with E-state index in [9.17, 15) is 13.6 Å². The first-order valence-electron chi connectivity index (χ1n) is 10.1. The fraction of sp³-hybridized carbons (Fsp3) is 0.143. The highest BCUT2D eigenvalue weighted by molar-refractivity contribution is 8.22. The quantitative estimate of drug-likeness (QED) is 0.219. The molecule has 0 radical (unpaired) electrons. The van der Waals surface area contributed by atoms with Crippen molar-refractivity contribution < 1.29 is 22.8 Å². The molecular weight excluding hydrogens is 548 g/mol.